The number of aryl methyl sites for hydroxylation is 1. The lowest BCUT2D eigenvalue weighted by molar-refractivity contribution is 0.306. The van der Waals surface area contributed by atoms with Gasteiger partial charge in [0.05, 0.1) is 0 Å². The summed E-state index contributed by atoms with van der Waals surface area (Å²) in [7, 11) is 0. The third kappa shape index (κ3) is 7.23. The van der Waals surface area contributed by atoms with Crippen LogP contribution in [0.1, 0.15) is 42.0 Å². The van der Waals surface area contributed by atoms with Gasteiger partial charge in [0.15, 0.2) is 0 Å². The molecule has 0 saturated heterocycles. The molecule has 0 radical (unpaired) electrons. The van der Waals surface area contributed by atoms with Crippen LogP contribution in [0.2, 0.25) is 0 Å². The predicted octanol–water partition coefficient (Wildman–Crippen LogP) is 5.57. The number of nitrogen functional groups attached to an aromatic ring is 1. The van der Waals surface area contributed by atoms with E-state index in [9.17, 15) is 0 Å². The second-order valence-electron chi connectivity index (χ2n) is 7.80. The molecule has 0 aliphatic rings. The van der Waals surface area contributed by atoms with Crippen LogP contribution < -0.4 is 15.8 Å². The molecule has 3 N–H and O–H groups in total. The molecule has 0 bridgehead atoms. The first-order chi connectivity index (χ1) is 14.7. The van der Waals surface area contributed by atoms with Crippen molar-refractivity contribution in [3.63, 3.8) is 0 Å². The highest BCUT2D eigenvalue weighted by atomic mass is 16.5. The summed E-state index contributed by atoms with van der Waals surface area (Å²) < 4.78 is 6.04. The van der Waals surface area contributed by atoms with Crippen LogP contribution in [0.25, 0.3) is 0 Å². The first-order valence-corrected chi connectivity index (χ1v) is 11.1. The molecule has 0 heterocycles. The van der Waals surface area contributed by atoms with Crippen LogP contribution in [0.4, 0.5) is 5.69 Å². The molecule has 0 spiro atoms. The number of unbranched alkanes of at least 4 members (excludes halogenated alkanes) is 1. The Bertz CT molecular complexity index is 892. The Labute approximate surface area is 181 Å². The maximum Gasteiger partial charge on any atom is 0.120 e. The van der Waals surface area contributed by atoms with E-state index >= 15 is 0 Å². The van der Waals surface area contributed by atoms with Crippen LogP contribution in [0.5, 0.6) is 5.75 Å². The molecule has 0 aliphatic heterocycles. The molecule has 0 saturated carbocycles. The van der Waals surface area contributed by atoms with E-state index in [0.717, 1.165) is 43.8 Å². The number of hydrogen-bond acceptors (Lipinski definition) is 3. The first kappa shape index (κ1) is 21.9. The molecule has 0 fully saturated rings. The van der Waals surface area contributed by atoms with Gasteiger partial charge in [-0.2, -0.15) is 0 Å². The molecule has 0 unspecified atom stereocenters. The molecule has 3 rings (SSSR count). The Balaban J connectivity index is 1.51. The maximum atomic E-state index is 6.04. The quantitative estimate of drug-likeness (QED) is 0.308. The van der Waals surface area contributed by atoms with E-state index in [1.54, 1.807) is 0 Å². The highest BCUT2D eigenvalue weighted by molar-refractivity contribution is 5.40. The summed E-state index contributed by atoms with van der Waals surface area (Å²) in [6.45, 7) is 4.80. The van der Waals surface area contributed by atoms with Crippen molar-refractivity contribution in [1.29, 1.82) is 0 Å². The number of benzene rings is 3. The van der Waals surface area contributed by atoms with E-state index in [1.165, 1.54) is 35.1 Å². The predicted molar refractivity (Wildman–Crippen MR) is 127 cm³/mol. The summed E-state index contributed by atoms with van der Waals surface area (Å²) >= 11 is 0. The van der Waals surface area contributed by atoms with Gasteiger partial charge >= 0.3 is 0 Å². The Hall–Kier alpha value is -2.78. The molecule has 3 nitrogen and oxygen atoms in total. The summed E-state index contributed by atoms with van der Waals surface area (Å²) in [6.07, 6.45) is 5.55. The first-order valence-electron chi connectivity index (χ1n) is 11.1. The van der Waals surface area contributed by atoms with Crippen molar-refractivity contribution >= 4 is 5.69 Å². The lowest BCUT2D eigenvalue weighted by Crippen LogP contribution is -2.20. The topological polar surface area (TPSA) is 47.3 Å². The average molecular weight is 403 g/mol. The third-order valence-corrected chi connectivity index (χ3v) is 5.34. The van der Waals surface area contributed by atoms with E-state index < -0.39 is 0 Å². The number of anilines is 1. The van der Waals surface area contributed by atoms with Gasteiger partial charge < -0.3 is 15.8 Å². The van der Waals surface area contributed by atoms with Gasteiger partial charge in [0.2, 0.25) is 0 Å². The molecule has 0 atom stereocenters. The van der Waals surface area contributed by atoms with Gasteiger partial charge in [0.1, 0.15) is 12.4 Å². The summed E-state index contributed by atoms with van der Waals surface area (Å²) in [6, 6.07) is 25.1. The number of nitrogens with one attached hydrogen (secondary N) is 1. The fraction of sp³-hybridized carbons (Fsp3) is 0.333. The minimum absolute atomic E-state index is 0.610. The zero-order valence-electron chi connectivity index (χ0n) is 18.1. The van der Waals surface area contributed by atoms with Crippen molar-refractivity contribution in [2.45, 2.75) is 45.6 Å². The van der Waals surface area contributed by atoms with Crippen LogP contribution in [0.15, 0.2) is 72.8 Å². The molecule has 0 aromatic heterocycles. The maximum absolute atomic E-state index is 6.04. The van der Waals surface area contributed by atoms with E-state index in [4.69, 9.17) is 10.5 Å². The fourth-order valence-corrected chi connectivity index (χ4v) is 3.61. The van der Waals surface area contributed by atoms with Crippen molar-refractivity contribution in [3.05, 3.63) is 95.1 Å². The number of ether oxygens (including phenoxy) is 1. The van der Waals surface area contributed by atoms with Crippen molar-refractivity contribution in [3.8, 4) is 5.75 Å². The van der Waals surface area contributed by atoms with Gasteiger partial charge in [0.25, 0.3) is 0 Å². The Morgan fingerprint density at radius 1 is 0.767 bits per heavy atom. The van der Waals surface area contributed by atoms with Crippen LogP contribution in [0, 0.1) is 0 Å². The normalized spacial score (nSPS) is 10.8. The van der Waals surface area contributed by atoms with Gasteiger partial charge in [-0.25, -0.2) is 0 Å². The highest BCUT2D eigenvalue weighted by Crippen LogP contribution is 2.21. The molecule has 0 aliphatic carbocycles. The highest BCUT2D eigenvalue weighted by Gasteiger charge is 2.06. The Morgan fingerprint density at radius 3 is 2.37 bits per heavy atom. The Kier molecular flexibility index (Phi) is 8.80. The smallest absolute Gasteiger partial charge is 0.120 e. The zero-order valence-corrected chi connectivity index (χ0v) is 18.1. The number of nitrogens with two attached hydrogens (primary N) is 1. The Morgan fingerprint density at radius 2 is 1.57 bits per heavy atom. The molecular formula is C27H34N2O. The van der Waals surface area contributed by atoms with Gasteiger partial charge in [-0.1, -0.05) is 61.9 Å². The fourth-order valence-electron chi connectivity index (χ4n) is 3.61. The van der Waals surface area contributed by atoms with Crippen molar-refractivity contribution in [2.75, 3.05) is 18.8 Å². The van der Waals surface area contributed by atoms with E-state index in [1.807, 2.05) is 30.3 Å². The second kappa shape index (κ2) is 12.0. The van der Waals surface area contributed by atoms with Crippen molar-refractivity contribution in [1.82, 2.24) is 5.32 Å². The minimum atomic E-state index is 0.610. The van der Waals surface area contributed by atoms with Gasteiger partial charge in [-0.05, 0) is 85.3 Å². The van der Waals surface area contributed by atoms with Crippen LogP contribution in [-0.4, -0.2) is 13.1 Å². The van der Waals surface area contributed by atoms with E-state index in [2.05, 4.69) is 54.7 Å². The van der Waals surface area contributed by atoms with Gasteiger partial charge in [0, 0.05) is 5.69 Å². The summed E-state index contributed by atoms with van der Waals surface area (Å²) in [5.74, 6) is 0.961. The van der Waals surface area contributed by atoms with Crippen molar-refractivity contribution < 1.29 is 4.74 Å². The lowest BCUT2D eigenvalue weighted by atomic mass is 9.99. The number of rotatable bonds is 12. The van der Waals surface area contributed by atoms with Gasteiger partial charge in [-0.15, -0.1) is 0 Å². The lowest BCUT2D eigenvalue weighted by Gasteiger charge is -2.14. The van der Waals surface area contributed by atoms with Crippen LogP contribution >= 0.6 is 0 Å². The average Bonchev–Trinajstić information content (AvgIpc) is 2.77. The zero-order chi connectivity index (χ0) is 21.0. The summed E-state index contributed by atoms with van der Waals surface area (Å²) in [4.78, 5) is 0. The summed E-state index contributed by atoms with van der Waals surface area (Å²) in [5, 5.41) is 3.57. The molecule has 158 valence electrons. The SMILES string of the molecule is CCCCc1cc(OCc2ccccc2)ccc1CCNCCc1cccc(N)c1. The molecule has 3 aromatic carbocycles. The third-order valence-electron chi connectivity index (χ3n) is 5.34. The second-order valence-corrected chi connectivity index (χ2v) is 7.80. The van der Waals surface area contributed by atoms with E-state index in [-0.39, 0.29) is 0 Å². The largest absolute Gasteiger partial charge is 0.489 e. The molecule has 30 heavy (non-hydrogen) atoms. The minimum Gasteiger partial charge on any atom is -0.489 e. The standard InChI is InChI=1S/C27H34N2O/c1-2-3-11-25-20-27(30-21-23-8-5-4-6-9-23)14-13-24(25)16-18-29-17-15-22-10-7-12-26(28)19-22/h4-10,12-14,19-20,29H,2-3,11,15-18,21,28H2,1H3. The molecule has 3 heteroatoms. The molecule has 3 aromatic rings. The van der Waals surface area contributed by atoms with Crippen molar-refractivity contribution in [2.24, 2.45) is 0 Å². The van der Waals surface area contributed by atoms with Crippen LogP contribution in [-0.2, 0) is 25.9 Å². The van der Waals surface area contributed by atoms with Gasteiger partial charge in [-0.3, -0.25) is 0 Å². The van der Waals surface area contributed by atoms with Crippen LogP contribution in [0.3, 0.4) is 0 Å². The molecule has 0 amide bonds. The summed E-state index contributed by atoms with van der Waals surface area (Å²) in [5.41, 5.74) is 12.0. The molecular weight excluding hydrogens is 368 g/mol. The van der Waals surface area contributed by atoms with E-state index in [0.29, 0.717) is 6.61 Å². The monoisotopic (exact) mass is 402 g/mol. The number of hydrogen-bond donors (Lipinski definition) is 2.